The Labute approximate surface area is 158 Å². The molecule has 0 aliphatic carbocycles. The summed E-state index contributed by atoms with van der Waals surface area (Å²) in [5.74, 6) is -1.40. The first-order chi connectivity index (χ1) is 13.0. The highest BCUT2D eigenvalue weighted by Crippen LogP contribution is 2.20. The molecular formula is C19H27N3O5. The lowest BCUT2D eigenvalue weighted by molar-refractivity contribution is -0.149. The standard InChI is InChI=1S/C19H27N3O5/c20-11-5-4-9-15(17(23)22-12-6-10-16(22)18(24)25)21-19(26)27-13-14-7-2-1-3-8-14/h1-3,7-8,15-16H,4-6,9-13,20H2,(H,21,26)(H,24,25)/t15-,16+/m1/s1. The van der Waals surface area contributed by atoms with Gasteiger partial charge in [0.25, 0.3) is 0 Å². The van der Waals surface area contributed by atoms with Crippen LogP contribution in [0.5, 0.6) is 0 Å². The summed E-state index contributed by atoms with van der Waals surface area (Å²) >= 11 is 0. The van der Waals surface area contributed by atoms with Crippen molar-refractivity contribution in [3.05, 3.63) is 35.9 Å². The number of carbonyl (C=O) groups excluding carboxylic acids is 2. The second-order valence-corrected chi connectivity index (χ2v) is 6.57. The zero-order chi connectivity index (χ0) is 19.6. The Morgan fingerprint density at radius 3 is 2.67 bits per heavy atom. The second-order valence-electron chi connectivity index (χ2n) is 6.57. The molecule has 0 unspecified atom stereocenters. The fourth-order valence-corrected chi connectivity index (χ4v) is 3.14. The molecule has 8 nitrogen and oxygen atoms in total. The molecule has 4 N–H and O–H groups in total. The van der Waals surface area contributed by atoms with Crippen molar-refractivity contribution in [1.29, 1.82) is 0 Å². The van der Waals surface area contributed by atoms with E-state index in [1.165, 1.54) is 4.90 Å². The first-order valence-electron chi connectivity index (χ1n) is 9.23. The Hall–Kier alpha value is -2.61. The van der Waals surface area contributed by atoms with Crippen LogP contribution in [0.15, 0.2) is 30.3 Å². The van der Waals surface area contributed by atoms with E-state index in [0.29, 0.717) is 45.2 Å². The van der Waals surface area contributed by atoms with Crippen LogP contribution in [-0.4, -0.2) is 53.1 Å². The maximum absolute atomic E-state index is 12.8. The van der Waals surface area contributed by atoms with E-state index in [1.54, 1.807) is 0 Å². The molecule has 27 heavy (non-hydrogen) atoms. The average molecular weight is 377 g/mol. The molecule has 0 spiro atoms. The van der Waals surface area contributed by atoms with Crippen molar-refractivity contribution >= 4 is 18.0 Å². The normalized spacial score (nSPS) is 17.4. The summed E-state index contributed by atoms with van der Waals surface area (Å²) < 4.78 is 5.19. The number of unbranched alkanes of at least 4 members (excludes halogenated alkanes) is 1. The first-order valence-corrected chi connectivity index (χ1v) is 9.23. The summed E-state index contributed by atoms with van der Waals surface area (Å²) in [6, 6.07) is 7.56. The lowest BCUT2D eigenvalue weighted by Crippen LogP contribution is -2.51. The number of benzene rings is 1. The van der Waals surface area contributed by atoms with E-state index in [0.717, 1.165) is 5.56 Å². The van der Waals surface area contributed by atoms with Crippen LogP contribution < -0.4 is 11.1 Å². The zero-order valence-electron chi connectivity index (χ0n) is 15.3. The Morgan fingerprint density at radius 1 is 1.26 bits per heavy atom. The number of rotatable bonds is 9. The predicted octanol–water partition coefficient (Wildman–Crippen LogP) is 1.49. The minimum atomic E-state index is -1.02. The van der Waals surface area contributed by atoms with Crippen LogP contribution in [0.4, 0.5) is 4.79 Å². The number of nitrogens with two attached hydrogens (primary N) is 1. The first kappa shape index (κ1) is 20.7. The van der Waals surface area contributed by atoms with Crippen molar-refractivity contribution in [2.45, 2.75) is 50.8 Å². The summed E-state index contributed by atoms with van der Waals surface area (Å²) in [4.78, 5) is 37.7. The van der Waals surface area contributed by atoms with Crippen molar-refractivity contribution in [3.8, 4) is 0 Å². The van der Waals surface area contributed by atoms with Crippen molar-refractivity contribution in [1.82, 2.24) is 10.2 Å². The van der Waals surface area contributed by atoms with Gasteiger partial charge in [-0.15, -0.1) is 0 Å². The summed E-state index contributed by atoms with van der Waals surface area (Å²) in [5.41, 5.74) is 6.34. The van der Waals surface area contributed by atoms with Crippen molar-refractivity contribution < 1.29 is 24.2 Å². The summed E-state index contributed by atoms with van der Waals surface area (Å²) in [6.07, 6.45) is 2.12. The van der Waals surface area contributed by atoms with Crippen LogP contribution in [0.2, 0.25) is 0 Å². The van der Waals surface area contributed by atoms with Gasteiger partial charge in [0.1, 0.15) is 18.7 Å². The molecular weight excluding hydrogens is 350 g/mol. The zero-order valence-corrected chi connectivity index (χ0v) is 15.3. The maximum Gasteiger partial charge on any atom is 0.408 e. The highest BCUT2D eigenvalue weighted by molar-refractivity contribution is 5.89. The van der Waals surface area contributed by atoms with Gasteiger partial charge in [0.05, 0.1) is 0 Å². The lowest BCUT2D eigenvalue weighted by atomic mass is 10.1. The van der Waals surface area contributed by atoms with Gasteiger partial charge in [0, 0.05) is 6.54 Å². The number of ether oxygens (including phenoxy) is 1. The van der Waals surface area contributed by atoms with Gasteiger partial charge in [-0.25, -0.2) is 9.59 Å². The van der Waals surface area contributed by atoms with Gasteiger partial charge < -0.3 is 25.8 Å². The molecule has 0 aromatic heterocycles. The summed E-state index contributed by atoms with van der Waals surface area (Å²) in [6.45, 7) is 0.961. The Balaban J connectivity index is 1.96. The van der Waals surface area contributed by atoms with Crippen LogP contribution in [0.25, 0.3) is 0 Å². The smallest absolute Gasteiger partial charge is 0.408 e. The van der Waals surface area contributed by atoms with Gasteiger partial charge in [-0.1, -0.05) is 30.3 Å². The number of nitrogens with zero attached hydrogens (tertiary/aromatic N) is 1. The average Bonchev–Trinajstić information content (AvgIpc) is 3.16. The fourth-order valence-electron chi connectivity index (χ4n) is 3.14. The van der Waals surface area contributed by atoms with E-state index in [1.807, 2.05) is 30.3 Å². The third-order valence-electron chi connectivity index (χ3n) is 4.57. The molecule has 1 aliphatic rings. The molecule has 0 saturated carbocycles. The molecule has 1 aromatic rings. The van der Waals surface area contributed by atoms with Crippen molar-refractivity contribution in [2.75, 3.05) is 13.1 Å². The molecule has 8 heteroatoms. The highest BCUT2D eigenvalue weighted by Gasteiger charge is 2.37. The quantitative estimate of drug-likeness (QED) is 0.561. The van der Waals surface area contributed by atoms with E-state index < -0.39 is 24.1 Å². The molecule has 1 saturated heterocycles. The second kappa shape index (κ2) is 10.5. The number of nitrogens with one attached hydrogen (secondary N) is 1. The van der Waals surface area contributed by atoms with Gasteiger partial charge in [0.2, 0.25) is 5.91 Å². The molecule has 1 fully saturated rings. The molecule has 2 amide bonds. The highest BCUT2D eigenvalue weighted by atomic mass is 16.5. The number of amides is 2. The topological polar surface area (TPSA) is 122 Å². The fraction of sp³-hybridized carbons (Fsp3) is 0.526. The molecule has 1 aromatic carbocycles. The number of carboxylic acids is 1. The molecule has 2 atom stereocenters. The molecule has 0 radical (unpaired) electrons. The number of alkyl carbamates (subject to hydrolysis) is 1. The van der Waals surface area contributed by atoms with Crippen LogP contribution in [0.1, 0.15) is 37.7 Å². The third kappa shape index (κ3) is 6.25. The van der Waals surface area contributed by atoms with Crippen molar-refractivity contribution in [2.24, 2.45) is 5.73 Å². The van der Waals surface area contributed by atoms with Gasteiger partial charge in [-0.2, -0.15) is 0 Å². The third-order valence-corrected chi connectivity index (χ3v) is 4.57. The monoisotopic (exact) mass is 377 g/mol. The lowest BCUT2D eigenvalue weighted by Gasteiger charge is -2.27. The predicted molar refractivity (Wildman–Crippen MR) is 98.8 cm³/mol. The van der Waals surface area contributed by atoms with Crippen LogP contribution in [0.3, 0.4) is 0 Å². The molecule has 2 rings (SSSR count). The van der Waals surface area contributed by atoms with E-state index in [-0.39, 0.29) is 12.5 Å². The van der Waals surface area contributed by atoms with Crippen LogP contribution in [0, 0.1) is 0 Å². The molecule has 1 aliphatic heterocycles. The number of likely N-dealkylation sites (tertiary alicyclic amines) is 1. The number of hydrogen-bond donors (Lipinski definition) is 3. The minimum absolute atomic E-state index is 0.0951. The van der Waals surface area contributed by atoms with E-state index in [2.05, 4.69) is 5.32 Å². The molecule has 1 heterocycles. The Morgan fingerprint density at radius 2 is 2.00 bits per heavy atom. The number of aliphatic carboxylic acids is 1. The van der Waals surface area contributed by atoms with E-state index in [4.69, 9.17) is 10.5 Å². The Bertz CT molecular complexity index is 637. The van der Waals surface area contributed by atoms with Crippen LogP contribution in [-0.2, 0) is 20.9 Å². The number of hydrogen-bond acceptors (Lipinski definition) is 5. The minimum Gasteiger partial charge on any atom is -0.480 e. The van der Waals surface area contributed by atoms with Gasteiger partial charge in [0.15, 0.2) is 0 Å². The summed E-state index contributed by atoms with van der Waals surface area (Å²) in [5, 5.41) is 11.9. The maximum atomic E-state index is 12.8. The van der Waals surface area contributed by atoms with Crippen molar-refractivity contribution in [3.63, 3.8) is 0 Å². The van der Waals surface area contributed by atoms with E-state index >= 15 is 0 Å². The van der Waals surface area contributed by atoms with Crippen LogP contribution >= 0.6 is 0 Å². The van der Waals surface area contributed by atoms with Gasteiger partial charge >= 0.3 is 12.1 Å². The van der Waals surface area contributed by atoms with E-state index in [9.17, 15) is 19.5 Å². The summed E-state index contributed by atoms with van der Waals surface area (Å²) in [7, 11) is 0. The van der Waals surface area contributed by atoms with Gasteiger partial charge in [-0.3, -0.25) is 4.79 Å². The molecule has 0 bridgehead atoms. The van der Waals surface area contributed by atoms with Gasteiger partial charge in [-0.05, 0) is 44.2 Å². The Kier molecular flexibility index (Phi) is 8.06. The number of carboxylic acid groups (broad SMARTS) is 1. The SMILES string of the molecule is NCCCC[C@@H](NC(=O)OCc1ccccc1)C(=O)N1CCC[C@H]1C(=O)O. The largest absolute Gasteiger partial charge is 0.480 e. The molecule has 148 valence electrons. The number of carbonyl (C=O) groups is 3.